The largest absolute Gasteiger partial charge is 0.435 e. The van der Waals surface area contributed by atoms with E-state index in [1.165, 1.54) is 7.05 Å². The van der Waals surface area contributed by atoms with Crippen molar-refractivity contribution in [2.45, 2.75) is 48.2 Å². The van der Waals surface area contributed by atoms with Crippen molar-refractivity contribution in [3.63, 3.8) is 0 Å². The molecule has 1 amide bonds. The van der Waals surface area contributed by atoms with Crippen LogP contribution in [-0.4, -0.2) is 35.9 Å². The van der Waals surface area contributed by atoms with Crippen LogP contribution in [0.15, 0.2) is 35.2 Å². The van der Waals surface area contributed by atoms with E-state index in [9.17, 15) is 39.6 Å². The van der Waals surface area contributed by atoms with E-state index in [-0.39, 0.29) is 35.9 Å². The molecule has 33 heavy (non-hydrogen) atoms. The Balaban J connectivity index is 1.58. The first-order valence-corrected chi connectivity index (χ1v) is 11.5. The maximum absolute atomic E-state index is 12.9. The van der Waals surface area contributed by atoms with Crippen molar-refractivity contribution in [2.75, 3.05) is 6.54 Å². The fourth-order valence-electron chi connectivity index (χ4n) is 3.83. The number of hydrogen-bond acceptors (Lipinski definition) is 4. The van der Waals surface area contributed by atoms with Crippen LogP contribution in [0.3, 0.4) is 0 Å². The second-order valence-corrected chi connectivity index (χ2v) is 10.2. The van der Waals surface area contributed by atoms with Crippen molar-refractivity contribution in [1.82, 2.24) is 15.1 Å². The Bertz CT molecular complexity index is 1120. The predicted molar refractivity (Wildman–Crippen MR) is 105 cm³/mol. The molecule has 0 saturated heterocycles. The van der Waals surface area contributed by atoms with E-state index in [4.69, 9.17) is 0 Å². The highest BCUT2D eigenvalue weighted by molar-refractivity contribution is 7.92. The SMILES string of the molecule is Cn1nc(C(F)(F)F)cc1C(=O)NC[C@H]1CC[C@H](S(=O)(=O)c2cccc(C(F)(F)F)c2)CC1. The van der Waals surface area contributed by atoms with E-state index < -0.39 is 44.6 Å². The highest BCUT2D eigenvalue weighted by Crippen LogP contribution is 2.35. The van der Waals surface area contributed by atoms with E-state index in [1.807, 2.05) is 0 Å². The fourth-order valence-corrected chi connectivity index (χ4v) is 5.67. The minimum absolute atomic E-state index is 0.114. The lowest BCUT2D eigenvalue weighted by molar-refractivity contribution is -0.141. The van der Waals surface area contributed by atoms with Gasteiger partial charge in [0.2, 0.25) is 0 Å². The van der Waals surface area contributed by atoms with E-state index in [2.05, 4.69) is 10.4 Å². The number of alkyl halides is 6. The van der Waals surface area contributed by atoms with Gasteiger partial charge in [0.25, 0.3) is 5.91 Å². The van der Waals surface area contributed by atoms with Gasteiger partial charge in [0, 0.05) is 19.7 Å². The molecular formula is C20H21F6N3O3S. The van der Waals surface area contributed by atoms with E-state index in [1.54, 1.807) is 0 Å². The molecule has 1 aromatic carbocycles. The van der Waals surface area contributed by atoms with Crippen LogP contribution in [0.25, 0.3) is 0 Å². The van der Waals surface area contributed by atoms with Gasteiger partial charge in [-0.25, -0.2) is 8.42 Å². The molecule has 0 spiro atoms. The summed E-state index contributed by atoms with van der Waals surface area (Å²) in [7, 11) is -2.75. The van der Waals surface area contributed by atoms with Gasteiger partial charge in [0.15, 0.2) is 15.5 Å². The lowest BCUT2D eigenvalue weighted by atomic mass is 9.89. The number of rotatable bonds is 5. The minimum atomic E-state index is -4.68. The maximum Gasteiger partial charge on any atom is 0.435 e. The number of nitrogens with one attached hydrogen (secondary N) is 1. The highest BCUT2D eigenvalue weighted by Gasteiger charge is 2.37. The van der Waals surface area contributed by atoms with Crippen LogP contribution in [0.5, 0.6) is 0 Å². The first kappa shape index (κ1) is 25.1. The predicted octanol–water partition coefficient (Wildman–Crippen LogP) is 4.22. The minimum Gasteiger partial charge on any atom is -0.350 e. The molecule has 0 atom stereocenters. The van der Waals surface area contributed by atoms with E-state index in [0.29, 0.717) is 25.0 Å². The summed E-state index contributed by atoms with van der Waals surface area (Å²) in [4.78, 5) is 11.9. The quantitative estimate of drug-likeness (QED) is 0.628. The first-order chi connectivity index (χ1) is 15.2. The Morgan fingerprint density at radius 1 is 1.06 bits per heavy atom. The summed E-state index contributed by atoms with van der Waals surface area (Å²) in [6, 6.07) is 4.27. The Morgan fingerprint density at radius 2 is 1.70 bits per heavy atom. The Hall–Kier alpha value is -2.57. The van der Waals surface area contributed by atoms with Gasteiger partial charge in [-0.3, -0.25) is 9.48 Å². The topological polar surface area (TPSA) is 81.1 Å². The maximum atomic E-state index is 12.9. The number of carbonyl (C=O) groups excluding carboxylic acids is 1. The zero-order valence-electron chi connectivity index (χ0n) is 17.4. The van der Waals surface area contributed by atoms with Crippen LogP contribution in [0, 0.1) is 5.92 Å². The van der Waals surface area contributed by atoms with Gasteiger partial charge in [-0.15, -0.1) is 0 Å². The van der Waals surface area contributed by atoms with Gasteiger partial charge in [0.1, 0.15) is 5.69 Å². The third kappa shape index (κ3) is 5.68. The van der Waals surface area contributed by atoms with Crippen LogP contribution >= 0.6 is 0 Å². The number of hydrogen-bond donors (Lipinski definition) is 1. The molecule has 1 N–H and O–H groups in total. The van der Waals surface area contributed by atoms with Crippen molar-refractivity contribution in [3.8, 4) is 0 Å². The monoisotopic (exact) mass is 497 g/mol. The van der Waals surface area contributed by atoms with Crippen LogP contribution in [0.2, 0.25) is 0 Å². The van der Waals surface area contributed by atoms with Gasteiger partial charge >= 0.3 is 12.4 Å². The summed E-state index contributed by atoms with van der Waals surface area (Å²) in [5.74, 6) is -0.851. The Kier molecular flexibility index (Phi) is 6.83. The van der Waals surface area contributed by atoms with Crippen LogP contribution < -0.4 is 5.32 Å². The van der Waals surface area contributed by atoms with Crippen molar-refractivity contribution in [1.29, 1.82) is 0 Å². The third-order valence-corrected chi connectivity index (χ3v) is 7.94. The number of aromatic nitrogens is 2. The van der Waals surface area contributed by atoms with Gasteiger partial charge in [-0.2, -0.15) is 31.4 Å². The number of halogens is 6. The average Bonchev–Trinajstić information content (AvgIpc) is 3.14. The molecule has 1 heterocycles. The second-order valence-electron chi connectivity index (χ2n) is 7.96. The van der Waals surface area contributed by atoms with Crippen molar-refractivity contribution in [2.24, 2.45) is 13.0 Å². The molecule has 0 radical (unpaired) electrons. The van der Waals surface area contributed by atoms with Crippen LogP contribution in [0.1, 0.15) is 47.4 Å². The number of amides is 1. The van der Waals surface area contributed by atoms with Gasteiger partial charge in [-0.05, 0) is 49.8 Å². The van der Waals surface area contributed by atoms with Gasteiger partial charge < -0.3 is 5.32 Å². The molecule has 0 unspecified atom stereocenters. The standard InChI is InChI=1S/C20H21F6N3O3S/c1-29-16(10-17(28-29)20(24,25)26)18(30)27-11-12-5-7-14(8-6-12)33(31,32)15-4-2-3-13(9-15)19(21,22)23/h2-4,9-10,12,14H,5-8,11H2,1H3,(H,27,30)/t12-,14-. The molecule has 0 aliphatic heterocycles. The molecule has 3 rings (SSSR count). The van der Waals surface area contributed by atoms with Crippen molar-refractivity contribution >= 4 is 15.7 Å². The zero-order valence-corrected chi connectivity index (χ0v) is 18.2. The number of sulfone groups is 1. The van der Waals surface area contributed by atoms with Crippen LogP contribution in [-0.2, 0) is 29.2 Å². The molecular weight excluding hydrogens is 476 g/mol. The van der Waals surface area contributed by atoms with E-state index in [0.717, 1.165) is 22.9 Å². The molecule has 2 aromatic rings. The third-order valence-electron chi connectivity index (χ3n) is 5.68. The Labute approximate surface area is 185 Å². The summed E-state index contributed by atoms with van der Waals surface area (Å²) in [5.41, 5.74) is -2.48. The van der Waals surface area contributed by atoms with Crippen molar-refractivity contribution < 1.29 is 39.6 Å². The van der Waals surface area contributed by atoms with Crippen LogP contribution in [0.4, 0.5) is 26.3 Å². The Morgan fingerprint density at radius 3 is 2.24 bits per heavy atom. The molecule has 1 saturated carbocycles. The normalized spacial score (nSPS) is 20.0. The molecule has 13 heteroatoms. The molecule has 6 nitrogen and oxygen atoms in total. The van der Waals surface area contributed by atoms with Gasteiger partial charge in [0.05, 0.1) is 15.7 Å². The summed E-state index contributed by atoms with van der Waals surface area (Å²) in [6.45, 7) is 0.127. The highest BCUT2D eigenvalue weighted by atomic mass is 32.2. The summed E-state index contributed by atoms with van der Waals surface area (Å²) in [5, 5.41) is 4.97. The molecule has 0 bridgehead atoms. The zero-order chi connectivity index (χ0) is 24.6. The van der Waals surface area contributed by atoms with Gasteiger partial charge in [-0.1, -0.05) is 6.07 Å². The average molecular weight is 497 g/mol. The number of nitrogens with zero attached hydrogens (tertiary/aromatic N) is 2. The number of aryl methyl sites for hydroxylation is 1. The molecule has 1 aromatic heterocycles. The molecule has 1 aliphatic carbocycles. The number of benzene rings is 1. The first-order valence-electron chi connectivity index (χ1n) is 10.00. The second kappa shape index (κ2) is 8.99. The molecule has 1 aliphatic rings. The fraction of sp³-hybridized carbons (Fsp3) is 0.500. The lowest BCUT2D eigenvalue weighted by Gasteiger charge is -2.28. The van der Waals surface area contributed by atoms with Crippen molar-refractivity contribution in [3.05, 3.63) is 47.3 Å². The molecule has 1 fully saturated rings. The van der Waals surface area contributed by atoms with E-state index >= 15 is 0 Å². The summed E-state index contributed by atoms with van der Waals surface area (Å²) in [6.07, 6.45) is -8.16. The molecule has 182 valence electrons. The smallest absolute Gasteiger partial charge is 0.350 e. The summed E-state index contributed by atoms with van der Waals surface area (Å²) >= 11 is 0. The number of carbonyl (C=O) groups is 1. The lowest BCUT2D eigenvalue weighted by Crippen LogP contribution is -2.34. The summed E-state index contributed by atoms with van der Waals surface area (Å²) < 4.78 is 103.